The molecule has 14 heavy (non-hydrogen) atoms. The van der Waals surface area contributed by atoms with Gasteiger partial charge >= 0.3 is 0 Å². The van der Waals surface area contributed by atoms with E-state index in [4.69, 9.17) is 10.3 Å². The lowest BCUT2D eigenvalue weighted by atomic mass is 10.6. The summed E-state index contributed by atoms with van der Waals surface area (Å²) in [6, 6.07) is 0.517. The molecule has 76 valence electrons. The van der Waals surface area contributed by atoms with Crippen molar-refractivity contribution >= 4 is 5.96 Å². The largest absolute Gasteiger partial charge is 0.370 e. The number of rotatable bonds is 3. The van der Waals surface area contributed by atoms with Crippen molar-refractivity contribution in [3.05, 3.63) is 11.7 Å². The summed E-state index contributed by atoms with van der Waals surface area (Å²) < 4.78 is 4.88. The van der Waals surface area contributed by atoms with Crippen LogP contribution in [0, 0.1) is 6.92 Å². The highest BCUT2D eigenvalue weighted by molar-refractivity contribution is 5.78. The number of nitrogens with two attached hydrogens (primary N) is 1. The molecule has 0 atom stereocenters. The van der Waals surface area contributed by atoms with Gasteiger partial charge in [-0.1, -0.05) is 5.16 Å². The Morgan fingerprint density at radius 3 is 3.07 bits per heavy atom. The van der Waals surface area contributed by atoms with Crippen LogP contribution in [-0.2, 0) is 6.54 Å². The first kappa shape index (κ1) is 8.98. The standard InChI is InChI=1S/C8H13N5O/c1-5-11-7(14-13-5)4-10-8(9)12-6-2-3-6/h6H,2-4H2,1H3,(H3,9,10,12). The second kappa shape index (κ2) is 3.65. The van der Waals surface area contributed by atoms with Crippen molar-refractivity contribution in [2.45, 2.75) is 32.4 Å². The van der Waals surface area contributed by atoms with E-state index in [1.165, 1.54) is 12.8 Å². The van der Waals surface area contributed by atoms with Gasteiger partial charge in [-0.2, -0.15) is 4.98 Å². The maximum absolute atomic E-state index is 5.62. The fourth-order valence-corrected chi connectivity index (χ4v) is 1.04. The number of nitrogens with zero attached hydrogens (tertiary/aromatic N) is 3. The minimum Gasteiger partial charge on any atom is -0.370 e. The Bertz CT molecular complexity index is 341. The fraction of sp³-hybridized carbons (Fsp3) is 0.625. The number of aromatic nitrogens is 2. The molecule has 0 unspecified atom stereocenters. The fourth-order valence-electron chi connectivity index (χ4n) is 1.04. The van der Waals surface area contributed by atoms with E-state index in [0.29, 0.717) is 30.3 Å². The summed E-state index contributed by atoms with van der Waals surface area (Å²) >= 11 is 0. The third-order valence-corrected chi connectivity index (χ3v) is 1.88. The predicted molar refractivity (Wildman–Crippen MR) is 50.5 cm³/mol. The Hall–Kier alpha value is -1.59. The molecule has 3 N–H and O–H groups in total. The second-order valence-corrected chi connectivity index (χ2v) is 3.36. The van der Waals surface area contributed by atoms with Gasteiger partial charge in [0, 0.05) is 6.04 Å². The van der Waals surface area contributed by atoms with Crippen LogP contribution in [0.4, 0.5) is 0 Å². The zero-order valence-corrected chi connectivity index (χ0v) is 8.03. The van der Waals surface area contributed by atoms with Crippen molar-refractivity contribution in [1.82, 2.24) is 15.5 Å². The molecule has 6 heteroatoms. The first-order valence-electron chi connectivity index (χ1n) is 4.59. The molecule has 1 fully saturated rings. The van der Waals surface area contributed by atoms with Crippen molar-refractivity contribution < 1.29 is 4.52 Å². The van der Waals surface area contributed by atoms with Crippen LogP contribution in [0.1, 0.15) is 24.6 Å². The van der Waals surface area contributed by atoms with Crippen molar-refractivity contribution in [3.8, 4) is 0 Å². The van der Waals surface area contributed by atoms with E-state index >= 15 is 0 Å². The second-order valence-electron chi connectivity index (χ2n) is 3.36. The van der Waals surface area contributed by atoms with Crippen LogP contribution in [-0.4, -0.2) is 22.1 Å². The van der Waals surface area contributed by atoms with E-state index in [2.05, 4.69) is 20.4 Å². The smallest absolute Gasteiger partial charge is 0.248 e. The zero-order chi connectivity index (χ0) is 9.97. The lowest BCUT2D eigenvalue weighted by Crippen LogP contribution is -2.33. The lowest BCUT2D eigenvalue weighted by Gasteiger charge is -2.00. The SMILES string of the molecule is Cc1noc(CN=C(N)NC2CC2)n1. The van der Waals surface area contributed by atoms with Crippen LogP contribution in [0.25, 0.3) is 0 Å². The van der Waals surface area contributed by atoms with Gasteiger partial charge in [0.25, 0.3) is 0 Å². The molecule has 1 heterocycles. The summed E-state index contributed by atoms with van der Waals surface area (Å²) in [5.74, 6) is 1.55. The highest BCUT2D eigenvalue weighted by Gasteiger charge is 2.21. The van der Waals surface area contributed by atoms with Crippen LogP contribution in [0.5, 0.6) is 0 Å². The topological polar surface area (TPSA) is 89.3 Å². The van der Waals surface area contributed by atoms with E-state index in [9.17, 15) is 0 Å². The van der Waals surface area contributed by atoms with Gasteiger partial charge in [0.15, 0.2) is 11.8 Å². The summed E-state index contributed by atoms with van der Waals surface area (Å²) in [6.45, 7) is 2.11. The van der Waals surface area contributed by atoms with Gasteiger partial charge in [-0.15, -0.1) is 0 Å². The molecular formula is C8H13N5O. The van der Waals surface area contributed by atoms with E-state index in [-0.39, 0.29) is 0 Å². The van der Waals surface area contributed by atoms with Crippen molar-refractivity contribution in [2.24, 2.45) is 10.7 Å². The summed E-state index contributed by atoms with van der Waals surface area (Å²) in [5, 5.41) is 6.72. The predicted octanol–water partition coefficient (Wildman–Crippen LogP) is -0.0553. The quantitative estimate of drug-likeness (QED) is 0.521. The van der Waals surface area contributed by atoms with E-state index < -0.39 is 0 Å². The lowest BCUT2D eigenvalue weighted by molar-refractivity contribution is 0.376. The molecule has 1 aromatic rings. The molecule has 0 bridgehead atoms. The van der Waals surface area contributed by atoms with Crippen molar-refractivity contribution in [2.75, 3.05) is 0 Å². The molecule has 1 aliphatic rings. The van der Waals surface area contributed by atoms with Gasteiger partial charge in [0.1, 0.15) is 6.54 Å². The molecule has 0 radical (unpaired) electrons. The molecule has 2 rings (SSSR count). The maximum Gasteiger partial charge on any atom is 0.248 e. The Morgan fingerprint density at radius 1 is 1.71 bits per heavy atom. The summed E-state index contributed by atoms with van der Waals surface area (Å²) in [7, 11) is 0. The number of nitrogens with one attached hydrogen (secondary N) is 1. The first-order valence-corrected chi connectivity index (χ1v) is 4.59. The molecule has 1 aromatic heterocycles. The molecule has 0 amide bonds. The molecule has 0 spiro atoms. The highest BCUT2D eigenvalue weighted by Crippen LogP contribution is 2.17. The van der Waals surface area contributed by atoms with Crippen LogP contribution in [0.15, 0.2) is 9.52 Å². The molecule has 0 aliphatic heterocycles. The van der Waals surface area contributed by atoms with E-state index in [0.717, 1.165) is 0 Å². The molecular weight excluding hydrogens is 182 g/mol. The molecule has 0 aromatic carbocycles. The van der Waals surface area contributed by atoms with Crippen molar-refractivity contribution in [1.29, 1.82) is 0 Å². The molecule has 6 nitrogen and oxygen atoms in total. The summed E-state index contributed by atoms with van der Waals surface area (Å²) in [6.07, 6.45) is 2.35. The average Bonchev–Trinajstić information content (AvgIpc) is 2.85. The number of hydrogen-bond donors (Lipinski definition) is 2. The highest BCUT2D eigenvalue weighted by atomic mass is 16.5. The maximum atomic E-state index is 5.62. The number of guanidine groups is 1. The zero-order valence-electron chi connectivity index (χ0n) is 8.03. The van der Waals surface area contributed by atoms with Gasteiger partial charge < -0.3 is 15.6 Å². The summed E-state index contributed by atoms with van der Waals surface area (Å²) in [4.78, 5) is 8.08. The summed E-state index contributed by atoms with van der Waals surface area (Å²) in [5.41, 5.74) is 5.62. The minimum absolute atomic E-state index is 0.340. The Kier molecular flexibility index (Phi) is 2.34. The van der Waals surface area contributed by atoms with Crippen molar-refractivity contribution in [3.63, 3.8) is 0 Å². The monoisotopic (exact) mass is 195 g/mol. The van der Waals surface area contributed by atoms with Gasteiger partial charge in [-0.25, -0.2) is 4.99 Å². The molecule has 1 saturated carbocycles. The Labute approximate surface area is 81.6 Å². The van der Waals surface area contributed by atoms with Gasteiger partial charge in [0.2, 0.25) is 5.89 Å². The normalized spacial score (nSPS) is 17.1. The van der Waals surface area contributed by atoms with Crippen LogP contribution in [0.2, 0.25) is 0 Å². The first-order chi connectivity index (χ1) is 6.74. The van der Waals surface area contributed by atoms with Gasteiger partial charge in [-0.3, -0.25) is 0 Å². The third-order valence-electron chi connectivity index (χ3n) is 1.88. The average molecular weight is 195 g/mol. The molecule has 0 saturated heterocycles. The van der Waals surface area contributed by atoms with E-state index in [1.54, 1.807) is 6.92 Å². The third kappa shape index (κ3) is 2.45. The molecule has 1 aliphatic carbocycles. The van der Waals surface area contributed by atoms with E-state index in [1.807, 2.05) is 0 Å². The number of aryl methyl sites for hydroxylation is 1. The van der Waals surface area contributed by atoms with Crippen LogP contribution < -0.4 is 11.1 Å². The van der Waals surface area contributed by atoms with Gasteiger partial charge in [-0.05, 0) is 19.8 Å². The van der Waals surface area contributed by atoms with Crippen LogP contribution in [0.3, 0.4) is 0 Å². The van der Waals surface area contributed by atoms with Gasteiger partial charge in [0.05, 0.1) is 0 Å². The number of hydrogen-bond acceptors (Lipinski definition) is 4. The Balaban J connectivity index is 1.84. The Morgan fingerprint density at radius 2 is 2.50 bits per heavy atom. The van der Waals surface area contributed by atoms with Crippen LogP contribution >= 0.6 is 0 Å². The minimum atomic E-state index is 0.340. The number of aliphatic imine (C=N–C) groups is 1.